The van der Waals surface area contributed by atoms with Crippen LogP contribution in [0, 0.1) is 6.92 Å². The third-order valence-electron chi connectivity index (χ3n) is 6.76. The minimum atomic E-state index is -0.103. The molecule has 9 nitrogen and oxygen atoms in total. The van der Waals surface area contributed by atoms with Crippen molar-refractivity contribution in [2.45, 2.75) is 64.3 Å². The molecule has 1 fully saturated rings. The van der Waals surface area contributed by atoms with Crippen molar-refractivity contribution in [1.29, 1.82) is 0 Å². The monoisotopic (exact) mass is 456 g/mol. The van der Waals surface area contributed by atoms with Crippen LogP contribution in [0.15, 0.2) is 30.5 Å². The second-order valence-electron chi connectivity index (χ2n) is 9.25. The molecule has 34 heavy (non-hydrogen) atoms. The van der Waals surface area contributed by atoms with Crippen LogP contribution in [0.4, 0.5) is 0 Å². The van der Waals surface area contributed by atoms with Gasteiger partial charge >= 0.3 is 0 Å². The van der Waals surface area contributed by atoms with Gasteiger partial charge in [0.15, 0.2) is 11.5 Å². The minimum Gasteiger partial charge on any atom is -0.352 e. The van der Waals surface area contributed by atoms with E-state index in [4.69, 9.17) is 10.1 Å². The molecule has 174 valence electrons. The molecule has 4 aromatic rings. The summed E-state index contributed by atoms with van der Waals surface area (Å²) in [4.78, 5) is 22.7. The number of rotatable bonds is 6. The van der Waals surface area contributed by atoms with Gasteiger partial charge in [-0.1, -0.05) is 12.5 Å². The molecule has 5 heterocycles. The van der Waals surface area contributed by atoms with E-state index in [9.17, 15) is 4.79 Å². The molecule has 1 aliphatic carbocycles. The van der Waals surface area contributed by atoms with Gasteiger partial charge in [0, 0.05) is 43.7 Å². The molecule has 0 saturated heterocycles. The highest BCUT2D eigenvalue weighted by atomic mass is 16.1. The van der Waals surface area contributed by atoms with Crippen LogP contribution < -0.4 is 5.32 Å². The van der Waals surface area contributed by atoms with Crippen molar-refractivity contribution in [2.24, 2.45) is 0 Å². The van der Waals surface area contributed by atoms with Gasteiger partial charge in [0.05, 0.1) is 16.6 Å². The summed E-state index contributed by atoms with van der Waals surface area (Å²) in [6.07, 6.45) is 9.15. The van der Waals surface area contributed by atoms with Crippen molar-refractivity contribution in [1.82, 2.24) is 39.8 Å². The normalized spacial score (nSPS) is 15.8. The summed E-state index contributed by atoms with van der Waals surface area (Å²) in [5.41, 5.74) is 3.04. The van der Waals surface area contributed by atoms with Crippen molar-refractivity contribution in [3.63, 3.8) is 0 Å². The molecule has 0 unspecified atom stereocenters. The molecule has 1 saturated carbocycles. The van der Waals surface area contributed by atoms with Crippen molar-refractivity contribution in [3.8, 4) is 5.82 Å². The average molecular weight is 457 g/mol. The highest BCUT2D eigenvalue weighted by Crippen LogP contribution is 2.40. The lowest BCUT2D eigenvalue weighted by Gasteiger charge is -2.10. The van der Waals surface area contributed by atoms with E-state index in [1.165, 1.54) is 12.8 Å². The van der Waals surface area contributed by atoms with Crippen LogP contribution in [-0.2, 0) is 19.4 Å². The predicted octanol–water partition coefficient (Wildman–Crippen LogP) is 3.29. The van der Waals surface area contributed by atoms with Gasteiger partial charge in [-0.2, -0.15) is 9.78 Å². The summed E-state index contributed by atoms with van der Waals surface area (Å²) in [6, 6.07) is 7.65. The van der Waals surface area contributed by atoms with E-state index in [2.05, 4.69) is 25.1 Å². The van der Waals surface area contributed by atoms with Crippen LogP contribution in [0.5, 0.6) is 0 Å². The van der Waals surface area contributed by atoms with Gasteiger partial charge in [0.2, 0.25) is 0 Å². The number of amides is 1. The Morgan fingerprint density at radius 1 is 1.18 bits per heavy atom. The Kier molecular flexibility index (Phi) is 5.31. The second kappa shape index (κ2) is 8.62. The number of nitrogens with zero attached hydrogens (tertiary/aromatic N) is 7. The number of nitrogens with one attached hydrogen (secondary N) is 1. The Balaban J connectivity index is 1.28. The first-order valence-electron chi connectivity index (χ1n) is 12.2. The van der Waals surface area contributed by atoms with Gasteiger partial charge in [-0.15, -0.1) is 10.2 Å². The second-order valence-corrected chi connectivity index (χ2v) is 9.25. The quantitative estimate of drug-likeness (QED) is 0.478. The van der Waals surface area contributed by atoms with Crippen LogP contribution in [0.1, 0.15) is 71.4 Å². The smallest absolute Gasteiger partial charge is 0.252 e. The number of carbonyl (C=O) groups is 1. The van der Waals surface area contributed by atoms with Crippen molar-refractivity contribution in [3.05, 3.63) is 59.1 Å². The van der Waals surface area contributed by atoms with Crippen LogP contribution in [-0.4, -0.2) is 47.0 Å². The van der Waals surface area contributed by atoms with Gasteiger partial charge in [-0.3, -0.25) is 4.79 Å². The average Bonchev–Trinajstić information content (AvgIpc) is 3.62. The van der Waals surface area contributed by atoms with Gasteiger partial charge < -0.3 is 9.88 Å². The van der Waals surface area contributed by atoms with E-state index in [0.29, 0.717) is 35.9 Å². The molecule has 2 aliphatic rings. The summed E-state index contributed by atoms with van der Waals surface area (Å²) in [5.74, 6) is 3.03. The van der Waals surface area contributed by atoms with Gasteiger partial charge in [0.25, 0.3) is 5.91 Å². The molecule has 6 rings (SSSR count). The topological polar surface area (TPSA) is 103 Å². The molecule has 4 aromatic heterocycles. The van der Waals surface area contributed by atoms with E-state index in [-0.39, 0.29) is 5.91 Å². The fourth-order valence-corrected chi connectivity index (χ4v) is 4.83. The van der Waals surface area contributed by atoms with Gasteiger partial charge in [0.1, 0.15) is 11.6 Å². The third-order valence-corrected chi connectivity index (χ3v) is 6.76. The number of pyridine rings is 2. The molecule has 0 bridgehead atoms. The molecular weight excluding hydrogens is 428 g/mol. The summed E-state index contributed by atoms with van der Waals surface area (Å²) in [6.45, 7) is 3.39. The Bertz CT molecular complexity index is 1350. The summed E-state index contributed by atoms with van der Waals surface area (Å²) in [5, 5.41) is 17.3. The molecule has 0 aromatic carbocycles. The molecule has 0 radical (unpaired) electrons. The Labute approximate surface area is 197 Å². The molecule has 0 atom stereocenters. The highest BCUT2D eigenvalue weighted by molar-refractivity contribution is 6.06. The lowest BCUT2D eigenvalue weighted by atomic mass is 10.1. The van der Waals surface area contributed by atoms with Crippen molar-refractivity contribution < 1.29 is 4.79 Å². The molecule has 9 heteroatoms. The first kappa shape index (κ1) is 20.9. The number of carbonyl (C=O) groups excluding carboxylic acids is 1. The summed E-state index contributed by atoms with van der Waals surface area (Å²) >= 11 is 0. The largest absolute Gasteiger partial charge is 0.352 e. The SMILES string of the molecule is Cc1nn(-c2ccccn2)c2nc(C3CC3)cc(C(=O)NCCc3nnc4n3CCCCC4)c12. The molecular formula is C25H28N8O. The van der Waals surface area contributed by atoms with Gasteiger partial charge in [-0.05, 0) is 50.8 Å². The number of fused-ring (bicyclic) bond motifs is 2. The summed E-state index contributed by atoms with van der Waals surface area (Å²) in [7, 11) is 0. The number of hydrogen-bond acceptors (Lipinski definition) is 6. The van der Waals surface area contributed by atoms with Crippen molar-refractivity contribution in [2.75, 3.05) is 6.54 Å². The first-order valence-corrected chi connectivity index (χ1v) is 12.2. The zero-order valence-corrected chi connectivity index (χ0v) is 19.4. The minimum absolute atomic E-state index is 0.103. The number of aromatic nitrogens is 7. The van der Waals surface area contributed by atoms with Crippen LogP contribution in [0.3, 0.4) is 0 Å². The standard InChI is InChI=1S/C25H28N8O/c1-16-23-18(25(34)27-13-11-22-30-29-21-8-3-2-6-14-32(21)22)15-19(17-9-10-17)28-24(23)33(31-16)20-7-4-5-12-26-20/h4-5,7,12,15,17H,2-3,6,8-11,13-14H2,1H3,(H,27,34). The first-order chi connectivity index (χ1) is 16.7. The predicted molar refractivity (Wildman–Crippen MR) is 127 cm³/mol. The van der Waals surface area contributed by atoms with Crippen LogP contribution in [0.2, 0.25) is 0 Å². The van der Waals surface area contributed by atoms with E-state index in [1.54, 1.807) is 10.9 Å². The zero-order chi connectivity index (χ0) is 23.1. The highest BCUT2D eigenvalue weighted by Gasteiger charge is 2.29. The lowest BCUT2D eigenvalue weighted by Crippen LogP contribution is -2.27. The molecule has 1 N–H and O–H groups in total. The maximum atomic E-state index is 13.4. The summed E-state index contributed by atoms with van der Waals surface area (Å²) < 4.78 is 3.98. The molecule has 1 amide bonds. The van der Waals surface area contributed by atoms with E-state index < -0.39 is 0 Å². The van der Waals surface area contributed by atoms with Crippen molar-refractivity contribution >= 4 is 16.9 Å². The number of hydrogen-bond donors (Lipinski definition) is 1. The molecule has 1 aliphatic heterocycles. The van der Waals surface area contributed by atoms with Crippen LogP contribution >= 0.6 is 0 Å². The van der Waals surface area contributed by atoms with Crippen LogP contribution in [0.25, 0.3) is 16.9 Å². The fourth-order valence-electron chi connectivity index (χ4n) is 4.83. The molecule has 0 spiro atoms. The maximum absolute atomic E-state index is 13.4. The Morgan fingerprint density at radius 3 is 2.91 bits per heavy atom. The Morgan fingerprint density at radius 2 is 2.09 bits per heavy atom. The zero-order valence-electron chi connectivity index (χ0n) is 19.4. The van der Waals surface area contributed by atoms with Gasteiger partial charge in [-0.25, -0.2) is 9.97 Å². The lowest BCUT2D eigenvalue weighted by molar-refractivity contribution is 0.0955. The van der Waals surface area contributed by atoms with E-state index in [0.717, 1.165) is 60.7 Å². The maximum Gasteiger partial charge on any atom is 0.252 e. The number of aryl methyl sites for hydroxylation is 2. The third kappa shape index (κ3) is 3.85. The van der Waals surface area contributed by atoms with E-state index >= 15 is 0 Å². The Hall–Kier alpha value is -3.62. The van der Waals surface area contributed by atoms with E-state index in [1.807, 2.05) is 31.2 Å². The fraction of sp³-hybridized carbons (Fsp3) is 0.440.